The van der Waals surface area contributed by atoms with Gasteiger partial charge in [0.2, 0.25) is 19.7 Å². The van der Waals surface area contributed by atoms with E-state index in [-0.39, 0.29) is 32.4 Å². The maximum absolute atomic E-state index is 13.4. The van der Waals surface area contributed by atoms with Crippen molar-refractivity contribution in [2.24, 2.45) is 5.92 Å². The maximum Gasteiger partial charge on any atom is 0.309 e. The van der Waals surface area contributed by atoms with Crippen LogP contribution in [0.2, 0.25) is 0 Å². The van der Waals surface area contributed by atoms with Gasteiger partial charge in [0, 0.05) is 0 Å². The molecule has 1 aliphatic carbocycles. The van der Waals surface area contributed by atoms with E-state index in [1.54, 1.807) is 36.4 Å². The standard InChI is InChI=1S/C24H22O6S2/c1-30-24(25)17-12-13-20-21(16-17)23(32(28,29)19-10-6-3-7-11-19)15-14-22(20)31(26,27)18-8-4-2-5-9-18/h2-11,14-15,17H,12-13,16H2,1H3. The van der Waals surface area contributed by atoms with Gasteiger partial charge in [0.15, 0.2) is 0 Å². The summed E-state index contributed by atoms with van der Waals surface area (Å²) in [5.41, 5.74) is 0.818. The number of hydrogen-bond acceptors (Lipinski definition) is 6. The maximum atomic E-state index is 13.4. The van der Waals surface area contributed by atoms with Gasteiger partial charge in [0.05, 0.1) is 32.6 Å². The fraction of sp³-hybridized carbons (Fsp3) is 0.208. The second-order valence-corrected chi connectivity index (χ2v) is 11.5. The fourth-order valence-electron chi connectivity index (χ4n) is 4.14. The molecule has 0 N–H and O–H groups in total. The van der Waals surface area contributed by atoms with Crippen molar-refractivity contribution in [1.29, 1.82) is 0 Å². The van der Waals surface area contributed by atoms with E-state index < -0.39 is 31.6 Å². The first-order chi connectivity index (χ1) is 15.3. The summed E-state index contributed by atoms with van der Waals surface area (Å²) in [5, 5.41) is 0. The van der Waals surface area contributed by atoms with Crippen molar-refractivity contribution in [2.45, 2.75) is 38.8 Å². The van der Waals surface area contributed by atoms with Crippen LogP contribution in [0.4, 0.5) is 0 Å². The first kappa shape index (κ1) is 22.2. The van der Waals surface area contributed by atoms with Crippen LogP contribution >= 0.6 is 0 Å². The minimum atomic E-state index is -3.91. The van der Waals surface area contributed by atoms with Crippen molar-refractivity contribution in [3.63, 3.8) is 0 Å². The molecule has 0 heterocycles. The number of ether oxygens (including phenoxy) is 1. The zero-order chi connectivity index (χ0) is 22.9. The zero-order valence-corrected chi connectivity index (χ0v) is 19.0. The summed E-state index contributed by atoms with van der Waals surface area (Å²) in [6.07, 6.45) is 0.738. The van der Waals surface area contributed by atoms with E-state index in [2.05, 4.69) is 0 Å². The smallest absolute Gasteiger partial charge is 0.309 e. The van der Waals surface area contributed by atoms with Crippen LogP contribution in [0.5, 0.6) is 0 Å². The number of hydrogen-bond donors (Lipinski definition) is 0. The van der Waals surface area contributed by atoms with Gasteiger partial charge in [-0.15, -0.1) is 0 Å². The topological polar surface area (TPSA) is 94.6 Å². The molecule has 166 valence electrons. The lowest BCUT2D eigenvalue weighted by atomic mass is 9.84. The Bertz CT molecular complexity index is 1360. The molecule has 0 saturated heterocycles. The molecule has 3 aromatic rings. The van der Waals surface area contributed by atoms with Crippen LogP contribution in [0, 0.1) is 5.92 Å². The Balaban J connectivity index is 1.94. The first-order valence-corrected chi connectivity index (χ1v) is 13.1. The minimum absolute atomic E-state index is 0.0271. The van der Waals surface area contributed by atoms with Gasteiger partial charge in [-0.25, -0.2) is 16.8 Å². The Morgan fingerprint density at radius 3 is 1.69 bits per heavy atom. The molecule has 32 heavy (non-hydrogen) atoms. The molecule has 0 fully saturated rings. The third-order valence-electron chi connectivity index (χ3n) is 5.76. The molecule has 6 nitrogen and oxygen atoms in total. The molecule has 1 unspecified atom stereocenters. The summed E-state index contributed by atoms with van der Waals surface area (Å²) >= 11 is 0. The fourth-order valence-corrected chi connectivity index (χ4v) is 7.25. The molecule has 0 aromatic heterocycles. The third-order valence-corrected chi connectivity index (χ3v) is 9.47. The minimum Gasteiger partial charge on any atom is -0.469 e. The molecule has 3 aromatic carbocycles. The molecular formula is C24H22O6S2. The van der Waals surface area contributed by atoms with E-state index in [1.165, 1.54) is 43.5 Å². The number of carbonyl (C=O) groups is 1. The molecule has 0 radical (unpaired) electrons. The number of benzene rings is 3. The van der Waals surface area contributed by atoms with Crippen molar-refractivity contribution in [3.8, 4) is 0 Å². The van der Waals surface area contributed by atoms with Gasteiger partial charge < -0.3 is 4.74 Å². The highest BCUT2D eigenvalue weighted by atomic mass is 32.2. The molecule has 0 bridgehead atoms. The third kappa shape index (κ3) is 3.84. The van der Waals surface area contributed by atoms with E-state index in [0.29, 0.717) is 17.5 Å². The summed E-state index contributed by atoms with van der Waals surface area (Å²) in [6, 6.07) is 18.7. The van der Waals surface area contributed by atoms with Gasteiger partial charge in [-0.3, -0.25) is 4.79 Å². The Kier molecular flexibility index (Phi) is 5.92. The summed E-state index contributed by atoms with van der Waals surface area (Å²) in [5.74, 6) is -0.970. The van der Waals surface area contributed by atoms with Crippen molar-refractivity contribution >= 4 is 25.6 Å². The predicted molar refractivity (Wildman–Crippen MR) is 118 cm³/mol. The van der Waals surface area contributed by atoms with Gasteiger partial charge in [0.25, 0.3) is 0 Å². The highest BCUT2D eigenvalue weighted by Crippen LogP contribution is 2.38. The van der Waals surface area contributed by atoms with Crippen LogP contribution in [0.1, 0.15) is 17.5 Å². The normalized spacial score (nSPS) is 16.2. The van der Waals surface area contributed by atoms with Gasteiger partial charge in [0.1, 0.15) is 0 Å². The van der Waals surface area contributed by atoms with E-state index in [0.717, 1.165) is 0 Å². The first-order valence-electron chi connectivity index (χ1n) is 10.1. The largest absolute Gasteiger partial charge is 0.469 e. The van der Waals surface area contributed by atoms with Crippen LogP contribution in [-0.4, -0.2) is 29.9 Å². The molecule has 0 spiro atoms. The lowest BCUT2D eigenvalue weighted by Gasteiger charge is -2.27. The number of methoxy groups -OCH3 is 1. The summed E-state index contributed by atoms with van der Waals surface area (Å²) in [6.45, 7) is 0. The Hall–Kier alpha value is -2.97. The van der Waals surface area contributed by atoms with Crippen LogP contribution in [0.15, 0.2) is 92.4 Å². The molecule has 4 rings (SSSR count). The highest BCUT2D eigenvalue weighted by Gasteiger charge is 2.35. The van der Waals surface area contributed by atoms with Crippen molar-refractivity contribution in [1.82, 2.24) is 0 Å². The van der Waals surface area contributed by atoms with E-state index in [9.17, 15) is 21.6 Å². The Morgan fingerprint density at radius 2 is 1.22 bits per heavy atom. The van der Waals surface area contributed by atoms with Crippen molar-refractivity contribution in [2.75, 3.05) is 7.11 Å². The van der Waals surface area contributed by atoms with Crippen LogP contribution in [0.25, 0.3) is 0 Å². The van der Waals surface area contributed by atoms with Crippen LogP contribution < -0.4 is 0 Å². The Morgan fingerprint density at radius 1 is 0.750 bits per heavy atom. The van der Waals surface area contributed by atoms with Crippen LogP contribution in [0.3, 0.4) is 0 Å². The molecular weight excluding hydrogens is 448 g/mol. The highest BCUT2D eigenvalue weighted by molar-refractivity contribution is 7.92. The van der Waals surface area contributed by atoms with Gasteiger partial charge in [-0.2, -0.15) is 0 Å². The predicted octanol–water partition coefficient (Wildman–Crippen LogP) is 3.63. The van der Waals surface area contributed by atoms with Gasteiger partial charge in [-0.05, 0) is 66.8 Å². The molecule has 0 aliphatic heterocycles. The molecule has 1 aliphatic rings. The summed E-state index contributed by atoms with van der Waals surface area (Å²) in [4.78, 5) is 12.6. The summed E-state index contributed by atoms with van der Waals surface area (Å²) in [7, 11) is -6.48. The SMILES string of the molecule is COC(=O)C1CCc2c(S(=O)(=O)c3ccccc3)ccc(S(=O)(=O)c3ccccc3)c2C1. The van der Waals surface area contributed by atoms with Crippen LogP contribution in [-0.2, 0) is 42.0 Å². The number of esters is 1. The van der Waals surface area contributed by atoms with E-state index >= 15 is 0 Å². The lowest BCUT2D eigenvalue weighted by Crippen LogP contribution is -2.26. The lowest BCUT2D eigenvalue weighted by molar-refractivity contribution is -0.145. The molecule has 0 amide bonds. The molecule has 1 atom stereocenters. The average molecular weight is 471 g/mol. The number of carbonyl (C=O) groups excluding carboxylic acids is 1. The van der Waals surface area contributed by atoms with E-state index in [1.807, 2.05) is 0 Å². The zero-order valence-electron chi connectivity index (χ0n) is 17.4. The monoisotopic (exact) mass is 470 g/mol. The average Bonchev–Trinajstić information content (AvgIpc) is 2.83. The number of rotatable bonds is 5. The second kappa shape index (κ2) is 8.52. The van der Waals surface area contributed by atoms with E-state index in [4.69, 9.17) is 4.74 Å². The van der Waals surface area contributed by atoms with Gasteiger partial charge in [-0.1, -0.05) is 36.4 Å². The molecule has 8 heteroatoms. The molecule has 0 saturated carbocycles. The van der Waals surface area contributed by atoms with Crippen molar-refractivity contribution in [3.05, 3.63) is 83.9 Å². The van der Waals surface area contributed by atoms with Gasteiger partial charge >= 0.3 is 5.97 Å². The van der Waals surface area contributed by atoms with Crippen molar-refractivity contribution < 1.29 is 26.4 Å². The second-order valence-electron chi connectivity index (χ2n) is 7.61. The summed E-state index contributed by atoms with van der Waals surface area (Å²) < 4.78 is 58.4. The quantitative estimate of drug-likeness (QED) is 0.529. The number of sulfone groups is 2. The Labute approximate surface area is 187 Å². The number of fused-ring (bicyclic) bond motifs is 1.